The molecule has 0 heterocycles. The third-order valence-corrected chi connectivity index (χ3v) is 1.51. The van der Waals surface area contributed by atoms with Gasteiger partial charge in [-0.25, -0.2) is 4.79 Å². The molecule has 0 aromatic heterocycles. The summed E-state index contributed by atoms with van der Waals surface area (Å²) >= 11 is 0. The van der Waals surface area contributed by atoms with Crippen LogP contribution in [0.25, 0.3) is 0 Å². The summed E-state index contributed by atoms with van der Waals surface area (Å²) in [4.78, 5) is 11.1. The molecule has 15 heavy (non-hydrogen) atoms. The minimum absolute atomic E-state index is 0. The molecule has 1 aromatic rings. The second kappa shape index (κ2) is 7.84. The number of esters is 1. The van der Waals surface area contributed by atoms with Crippen LogP contribution in [0.2, 0.25) is 0 Å². The lowest BCUT2D eigenvalue weighted by molar-refractivity contribution is 0.0597. The molecule has 0 aliphatic heterocycles. The number of hydrogen-bond acceptors (Lipinski definition) is 5. The van der Waals surface area contributed by atoms with Gasteiger partial charge in [0.15, 0.2) is 0 Å². The Morgan fingerprint density at radius 3 is 2.27 bits per heavy atom. The Labute approximate surface area is 88.6 Å². The smallest absolute Gasteiger partial charge is 0.482 e. The fraction of sp³-hybridized carbons (Fsp3) is 0.222. The van der Waals surface area contributed by atoms with E-state index in [1.54, 1.807) is 24.3 Å². The number of rotatable bonds is 2. The van der Waals surface area contributed by atoms with Crippen LogP contribution in [0.1, 0.15) is 10.4 Å². The Bertz CT molecular complexity index is 302. The average Bonchev–Trinajstić information content (AvgIpc) is 2.29. The molecule has 1 rings (SSSR count). The molecular weight excluding hydrogens is 199 g/mol. The third kappa shape index (κ3) is 4.48. The monoisotopic (exact) mass is 211 g/mol. The van der Waals surface area contributed by atoms with Crippen LogP contribution >= 0.6 is 0 Å². The Hall–Kier alpha value is -1.53. The molecule has 0 aliphatic carbocycles. The summed E-state index contributed by atoms with van der Waals surface area (Å²) in [5.74, 6) is 0.150. The highest BCUT2D eigenvalue weighted by Crippen LogP contribution is 2.17. The Kier molecular flexibility index (Phi) is 7.04. The van der Waals surface area contributed by atoms with Crippen molar-refractivity contribution in [2.24, 2.45) is 0 Å². The lowest BCUT2D eigenvalue weighted by atomic mass is 10.2. The third-order valence-electron chi connectivity index (χ3n) is 1.51. The maximum absolute atomic E-state index is 11.1. The van der Waals surface area contributed by atoms with Gasteiger partial charge >= 0.3 is 13.7 Å². The number of carbonyl (C=O) groups excluding carboxylic acids is 1. The van der Waals surface area contributed by atoms with Gasteiger partial charge in [-0.2, -0.15) is 0 Å². The molecule has 81 valence electrons. The van der Waals surface area contributed by atoms with Gasteiger partial charge in [0.2, 0.25) is 0 Å². The fourth-order valence-corrected chi connectivity index (χ4v) is 0.923. The van der Waals surface area contributed by atoms with Crippen LogP contribution in [0.3, 0.4) is 0 Å². The van der Waals surface area contributed by atoms with E-state index < -0.39 is 0 Å². The maximum atomic E-state index is 11.1. The lowest BCUT2D eigenvalue weighted by Gasteiger charge is -2.04. The van der Waals surface area contributed by atoms with Gasteiger partial charge in [-0.05, 0) is 12.1 Å². The normalized spacial score (nSPS) is 8.27. The van der Waals surface area contributed by atoms with Crippen LogP contribution in [0.15, 0.2) is 24.3 Å². The second-order valence-electron chi connectivity index (χ2n) is 2.31. The van der Waals surface area contributed by atoms with Crippen LogP contribution in [0.5, 0.6) is 5.75 Å². The number of methoxy groups -OCH3 is 2. The molecule has 0 amide bonds. The SMILES string of the molecule is COC(=O)c1ccccc1OC.O[B]O. The van der Waals surface area contributed by atoms with E-state index in [4.69, 9.17) is 14.8 Å². The summed E-state index contributed by atoms with van der Waals surface area (Å²) in [7, 11) is 2.86. The summed E-state index contributed by atoms with van der Waals surface area (Å²) in [5, 5.41) is 14.0. The zero-order chi connectivity index (χ0) is 11.7. The van der Waals surface area contributed by atoms with Gasteiger partial charge in [0.25, 0.3) is 0 Å². The van der Waals surface area contributed by atoms with E-state index in [1.165, 1.54) is 14.2 Å². The Balaban J connectivity index is 0.000000583. The van der Waals surface area contributed by atoms with Crippen LogP contribution in [0.4, 0.5) is 0 Å². The summed E-state index contributed by atoms with van der Waals surface area (Å²) in [6.07, 6.45) is 0. The van der Waals surface area contributed by atoms with Crippen molar-refractivity contribution in [1.29, 1.82) is 0 Å². The summed E-state index contributed by atoms with van der Waals surface area (Å²) in [6, 6.07) is 6.93. The first kappa shape index (κ1) is 13.5. The largest absolute Gasteiger partial charge is 0.496 e. The minimum Gasteiger partial charge on any atom is -0.496 e. The van der Waals surface area contributed by atoms with Crippen molar-refractivity contribution in [3.8, 4) is 5.75 Å². The molecular formula is C9H12BO5. The standard InChI is InChI=1S/C9H10O3.BH2O2/c1-11-8-6-4-3-5-7(8)9(10)12-2;2-1-3/h3-6H,1-2H3;2-3H. The van der Waals surface area contributed by atoms with Crippen molar-refractivity contribution in [2.45, 2.75) is 0 Å². The molecule has 5 nitrogen and oxygen atoms in total. The zero-order valence-electron chi connectivity index (χ0n) is 8.51. The van der Waals surface area contributed by atoms with Gasteiger partial charge < -0.3 is 19.5 Å². The quantitative estimate of drug-likeness (QED) is 0.531. The fourth-order valence-electron chi connectivity index (χ4n) is 0.923. The molecule has 2 N–H and O–H groups in total. The van der Waals surface area contributed by atoms with Crippen molar-refractivity contribution in [2.75, 3.05) is 14.2 Å². The highest BCUT2D eigenvalue weighted by Gasteiger charge is 2.10. The van der Waals surface area contributed by atoms with E-state index in [0.29, 0.717) is 11.3 Å². The van der Waals surface area contributed by atoms with E-state index in [1.807, 2.05) is 0 Å². The van der Waals surface area contributed by atoms with Crippen LogP contribution in [-0.4, -0.2) is 37.9 Å². The number of ether oxygens (including phenoxy) is 2. The summed E-state index contributed by atoms with van der Waals surface area (Å²) < 4.78 is 9.53. The molecule has 1 radical (unpaired) electrons. The Morgan fingerprint density at radius 1 is 1.27 bits per heavy atom. The molecule has 0 aliphatic rings. The van der Waals surface area contributed by atoms with Crippen molar-refractivity contribution >= 4 is 13.7 Å². The van der Waals surface area contributed by atoms with E-state index in [0.717, 1.165) is 0 Å². The summed E-state index contributed by atoms with van der Waals surface area (Å²) in [6.45, 7) is 0. The van der Waals surface area contributed by atoms with Gasteiger partial charge in [0.05, 0.1) is 14.2 Å². The number of carbonyl (C=O) groups is 1. The van der Waals surface area contributed by atoms with E-state index >= 15 is 0 Å². The van der Waals surface area contributed by atoms with Crippen molar-refractivity contribution in [3.63, 3.8) is 0 Å². The van der Waals surface area contributed by atoms with Crippen LogP contribution < -0.4 is 4.74 Å². The van der Waals surface area contributed by atoms with Gasteiger partial charge in [-0.1, -0.05) is 12.1 Å². The molecule has 0 unspecified atom stereocenters. The van der Waals surface area contributed by atoms with E-state index in [2.05, 4.69) is 4.74 Å². The van der Waals surface area contributed by atoms with Crippen molar-refractivity contribution in [3.05, 3.63) is 29.8 Å². The minimum atomic E-state index is -0.382. The zero-order valence-corrected chi connectivity index (χ0v) is 8.51. The maximum Gasteiger partial charge on any atom is 0.482 e. The predicted molar refractivity (Wildman–Crippen MR) is 54.5 cm³/mol. The second-order valence-corrected chi connectivity index (χ2v) is 2.31. The van der Waals surface area contributed by atoms with Crippen LogP contribution in [-0.2, 0) is 4.74 Å². The molecule has 0 saturated heterocycles. The predicted octanol–water partition coefficient (Wildman–Crippen LogP) is -0.0130. The topological polar surface area (TPSA) is 76.0 Å². The van der Waals surface area contributed by atoms with Gasteiger partial charge in [0, 0.05) is 0 Å². The molecule has 0 saturated carbocycles. The molecule has 0 fully saturated rings. The number of para-hydroxylation sites is 1. The van der Waals surface area contributed by atoms with Crippen LogP contribution in [0, 0.1) is 0 Å². The molecule has 0 bridgehead atoms. The average molecular weight is 211 g/mol. The molecule has 6 heteroatoms. The first-order valence-electron chi connectivity index (χ1n) is 4.02. The number of hydrogen-bond donors (Lipinski definition) is 2. The molecule has 0 spiro atoms. The molecule has 0 atom stereocenters. The van der Waals surface area contributed by atoms with E-state index in [-0.39, 0.29) is 13.7 Å². The van der Waals surface area contributed by atoms with Gasteiger partial charge in [-0.3, -0.25) is 0 Å². The first-order valence-corrected chi connectivity index (χ1v) is 4.02. The first-order chi connectivity index (χ1) is 7.21. The van der Waals surface area contributed by atoms with Crippen molar-refractivity contribution < 1.29 is 24.3 Å². The lowest BCUT2D eigenvalue weighted by Crippen LogP contribution is -2.03. The van der Waals surface area contributed by atoms with Crippen molar-refractivity contribution in [1.82, 2.24) is 0 Å². The number of benzene rings is 1. The summed E-state index contributed by atoms with van der Waals surface area (Å²) in [5.41, 5.74) is 0.447. The highest BCUT2D eigenvalue weighted by atomic mass is 16.5. The van der Waals surface area contributed by atoms with Gasteiger partial charge in [-0.15, -0.1) is 0 Å². The van der Waals surface area contributed by atoms with Gasteiger partial charge in [0.1, 0.15) is 11.3 Å². The Morgan fingerprint density at radius 2 is 1.80 bits per heavy atom. The highest BCUT2D eigenvalue weighted by molar-refractivity contribution is 6.13. The van der Waals surface area contributed by atoms with E-state index in [9.17, 15) is 4.79 Å². The molecule has 1 aromatic carbocycles.